The molecule has 0 aliphatic carbocycles. The molecule has 3 heteroatoms. The molecule has 20 heavy (non-hydrogen) atoms. The summed E-state index contributed by atoms with van der Waals surface area (Å²) in [7, 11) is 0. The number of aromatic nitrogens is 1. The molecule has 0 aliphatic heterocycles. The average molecular weight is 328 g/mol. The molecule has 0 amide bonds. The molecule has 0 bridgehead atoms. The van der Waals surface area contributed by atoms with Gasteiger partial charge in [-0.3, -0.25) is 4.79 Å². The van der Waals surface area contributed by atoms with Crippen LogP contribution in [0.4, 0.5) is 0 Å². The number of rotatable bonds is 3. The summed E-state index contributed by atoms with van der Waals surface area (Å²) in [6.45, 7) is 2.12. The van der Waals surface area contributed by atoms with Crippen LogP contribution in [0.1, 0.15) is 28.4 Å². The fraction of sp³-hybridized carbons (Fsp3) is 0.118. The topological polar surface area (TPSA) is 32.9 Å². The highest BCUT2D eigenvalue weighted by Crippen LogP contribution is 2.24. The Kier molecular flexibility index (Phi) is 3.45. The zero-order valence-electron chi connectivity index (χ0n) is 11.1. The number of halogens is 1. The van der Waals surface area contributed by atoms with Gasteiger partial charge in [-0.05, 0) is 36.2 Å². The monoisotopic (exact) mass is 327 g/mol. The molecule has 1 aromatic heterocycles. The number of ketones is 1. The number of carbonyl (C=O) groups is 1. The smallest absolute Gasteiger partial charge is 0.195 e. The fourth-order valence-corrected chi connectivity index (χ4v) is 2.72. The third-order valence-corrected chi connectivity index (χ3v) is 4.06. The Morgan fingerprint density at radius 2 is 1.90 bits per heavy atom. The van der Waals surface area contributed by atoms with Crippen molar-refractivity contribution in [1.82, 2.24) is 4.98 Å². The minimum atomic E-state index is 0.0528. The van der Waals surface area contributed by atoms with Crippen molar-refractivity contribution in [1.29, 1.82) is 0 Å². The van der Waals surface area contributed by atoms with Crippen molar-refractivity contribution in [3.05, 3.63) is 69.8 Å². The van der Waals surface area contributed by atoms with Gasteiger partial charge in [0.2, 0.25) is 0 Å². The number of hydrogen-bond donors (Lipinski definition) is 1. The highest BCUT2D eigenvalue weighted by Gasteiger charge is 2.15. The van der Waals surface area contributed by atoms with Gasteiger partial charge in [0.25, 0.3) is 0 Å². The Morgan fingerprint density at radius 1 is 1.15 bits per heavy atom. The zero-order valence-corrected chi connectivity index (χ0v) is 12.7. The first-order valence-corrected chi connectivity index (χ1v) is 7.39. The van der Waals surface area contributed by atoms with Crippen molar-refractivity contribution >= 4 is 32.6 Å². The Balaban J connectivity index is 2.10. The van der Waals surface area contributed by atoms with Gasteiger partial charge in [-0.2, -0.15) is 0 Å². The maximum Gasteiger partial charge on any atom is 0.195 e. The van der Waals surface area contributed by atoms with Gasteiger partial charge in [-0.1, -0.05) is 41.1 Å². The predicted octanol–water partition coefficient (Wildman–Crippen LogP) is 4.72. The van der Waals surface area contributed by atoms with Crippen LogP contribution in [0.5, 0.6) is 0 Å². The van der Waals surface area contributed by atoms with Crippen LogP contribution in [-0.4, -0.2) is 10.8 Å². The normalized spacial score (nSPS) is 10.9. The second kappa shape index (κ2) is 5.25. The summed E-state index contributed by atoms with van der Waals surface area (Å²) >= 11 is 3.38. The van der Waals surface area contributed by atoms with E-state index < -0.39 is 0 Å². The van der Waals surface area contributed by atoms with E-state index in [-0.39, 0.29) is 5.78 Å². The van der Waals surface area contributed by atoms with Gasteiger partial charge in [-0.15, -0.1) is 0 Å². The zero-order chi connectivity index (χ0) is 14.1. The van der Waals surface area contributed by atoms with E-state index in [0.717, 1.165) is 27.4 Å². The maximum absolute atomic E-state index is 12.6. The number of nitrogens with one attached hydrogen (secondary N) is 1. The lowest BCUT2D eigenvalue weighted by atomic mass is 10.0. The summed E-state index contributed by atoms with van der Waals surface area (Å²) in [4.78, 5) is 15.8. The van der Waals surface area contributed by atoms with Crippen molar-refractivity contribution in [3.8, 4) is 0 Å². The molecule has 0 saturated carbocycles. The maximum atomic E-state index is 12.6. The number of carbonyl (C=O) groups excluding carboxylic acids is 1. The highest BCUT2D eigenvalue weighted by atomic mass is 79.9. The van der Waals surface area contributed by atoms with Crippen LogP contribution in [-0.2, 0) is 6.42 Å². The predicted molar refractivity (Wildman–Crippen MR) is 85.3 cm³/mol. The summed E-state index contributed by atoms with van der Waals surface area (Å²) in [6.07, 6.45) is 2.76. The molecule has 1 heterocycles. The van der Waals surface area contributed by atoms with Crippen molar-refractivity contribution in [2.45, 2.75) is 13.3 Å². The molecule has 2 nitrogen and oxygen atoms in total. The Morgan fingerprint density at radius 3 is 2.60 bits per heavy atom. The molecule has 1 N–H and O–H groups in total. The quantitative estimate of drug-likeness (QED) is 0.693. The Hall–Kier alpha value is -1.87. The first-order chi connectivity index (χ1) is 9.70. The molecule has 0 spiro atoms. The minimum absolute atomic E-state index is 0.0528. The van der Waals surface area contributed by atoms with E-state index in [1.807, 2.05) is 42.6 Å². The van der Waals surface area contributed by atoms with Crippen molar-refractivity contribution in [3.63, 3.8) is 0 Å². The van der Waals surface area contributed by atoms with Gasteiger partial charge in [0.15, 0.2) is 5.78 Å². The van der Waals surface area contributed by atoms with Crippen LogP contribution < -0.4 is 0 Å². The Bertz CT molecular complexity index is 771. The first kappa shape index (κ1) is 13.1. The molecule has 100 valence electrons. The van der Waals surface area contributed by atoms with Gasteiger partial charge >= 0.3 is 0 Å². The highest BCUT2D eigenvalue weighted by molar-refractivity contribution is 9.10. The van der Waals surface area contributed by atoms with E-state index in [1.165, 1.54) is 5.56 Å². The van der Waals surface area contributed by atoms with Crippen LogP contribution in [0, 0.1) is 0 Å². The van der Waals surface area contributed by atoms with Gasteiger partial charge in [0.05, 0.1) is 0 Å². The lowest BCUT2D eigenvalue weighted by molar-refractivity contribution is 0.104. The van der Waals surface area contributed by atoms with Crippen LogP contribution in [0.25, 0.3) is 10.9 Å². The second-order valence-electron chi connectivity index (χ2n) is 4.73. The Labute approximate surface area is 126 Å². The van der Waals surface area contributed by atoms with E-state index in [0.29, 0.717) is 5.56 Å². The van der Waals surface area contributed by atoms with E-state index in [4.69, 9.17) is 0 Å². The summed E-state index contributed by atoms with van der Waals surface area (Å²) in [5.74, 6) is 0.0528. The van der Waals surface area contributed by atoms with E-state index in [1.54, 1.807) is 0 Å². The lowest BCUT2D eigenvalue weighted by Crippen LogP contribution is -1.99. The summed E-state index contributed by atoms with van der Waals surface area (Å²) in [6, 6.07) is 13.6. The van der Waals surface area contributed by atoms with E-state index >= 15 is 0 Å². The van der Waals surface area contributed by atoms with Gasteiger partial charge in [-0.25, -0.2) is 0 Å². The molecule has 0 aliphatic rings. The van der Waals surface area contributed by atoms with E-state index in [9.17, 15) is 4.79 Å². The number of aryl methyl sites for hydroxylation is 1. The summed E-state index contributed by atoms with van der Waals surface area (Å²) in [5.41, 5.74) is 3.74. The van der Waals surface area contributed by atoms with Gasteiger partial charge < -0.3 is 4.98 Å². The molecule has 0 saturated heterocycles. The average Bonchev–Trinajstić information content (AvgIpc) is 2.91. The van der Waals surface area contributed by atoms with Crippen LogP contribution in [0.15, 0.2) is 53.1 Å². The summed E-state index contributed by atoms with van der Waals surface area (Å²) in [5, 5.41) is 0.997. The number of hydrogen-bond acceptors (Lipinski definition) is 1. The molecule has 3 aromatic rings. The number of H-pyrrole nitrogens is 1. The largest absolute Gasteiger partial charge is 0.360 e. The number of aromatic amines is 1. The SMILES string of the molecule is CCc1cccc2c(C(=O)c3ccc(Br)cc3)c[nH]c12. The number of para-hydroxylation sites is 1. The van der Waals surface area contributed by atoms with Crippen molar-refractivity contribution in [2.75, 3.05) is 0 Å². The molecule has 0 radical (unpaired) electrons. The molecule has 0 fully saturated rings. The number of fused-ring (bicyclic) bond motifs is 1. The molecule has 0 unspecified atom stereocenters. The molecule has 0 atom stereocenters. The summed E-state index contributed by atoms with van der Waals surface area (Å²) < 4.78 is 0.973. The molecule has 3 rings (SSSR count). The van der Waals surface area contributed by atoms with E-state index in [2.05, 4.69) is 33.9 Å². The van der Waals surface area contributed by atoms with Crippen LogP contribution in [0.3, 0.4) is 0 Å². The van der Waals surface area contributed by atoms with Crippen LogP contribution >= 0.6 is 15.9 Å². The minimum Gasteiger partial charge on any atom is -0.360 e. The third-order valence-electron chi connectivity index (χ3n) is 3.53. The lowest BCUT2D eigenvalue weighted by Gasteiger charge is -2.02. The first-order valence-electron chi connectivity index (χ1n) is 6.60. The fourth-order valence-electron chi connectivity index (χ4n) is 2.46. The number of benzene rings is 2. The van der Waals surface area contributed by atoms with Gasteiger partial charge in [0, 0.05) is 32.7 Å². The van der Waals surface area contributed by atoms with Crippen molar-refractivity contribution < 1.29 is 4.79 Å². The standard InChI is InChI=1S/C17H14BrNO/c1-2-11-4-3-5-14-15(10-19-16(11)14)17(20)12-6-8-13(18)9-7-12/h3-10,19H,2H2,1H3. The molecular formula is C17H14BrNO. The molecule has 2 aromatic carbocycles. The molecular weight excluding hydrogens is 314 g/mol. The van der Waals surface area contributed by atoms with Crippen LogP contribution in [0.2, 0.25) is 0 Å². The third kappa shape index (κ3) is 2.18. The second-order valence-corrected chi connectivity index (χ2v) is 5.65. The van der Waals surface area contributed by atoms with Gasteiger partial charge in [0.1, 0.15) is 0 Å². The van der Waals surface area contributed by atoms with Crippen molar-refractivity contribution in [2.24, 2.45) is 0 Å².